The smallest absolute Gasteiger partial charge is 0.279 e. The molecule has 4 nitrogen and oxygen atoms in total. The van der Waals surface area contributed by atoms with E-state index in [4.69, 9.17) is 11.6 Å². The molecular formula is C22H29ClN3O+. The van der Waals surface area contributed by atoms with Crippen LogP contribution in [0.1, 0.15) is 31.2 Å². The summed E-state index contributed by atoms with van der Waals surface area (Å²) in [5.74, 6) is 0.0494. The van der Waals surface area contributed by atoms with Gasteiger partial charge in [-0.25, -0.2) is 0 Å². The van der Waals surface area contributed by atoms with Gasteiger partial charge in [0.05, 0.1) is 17.9 Å². The van der Waals surface area contributed by atoms with Crippen LogP contribution in [0.15, 0.2) is 48.5 Å². The lowest BCUT2D eigenvalue weighted by atomic mass is 10.1. The van der Waals surface area contributed by atoms with Crippen molar-refractivity contribution in [1.82, 2.24) is 0 Å². The van der Waals surface area contributed by atoms with E-state index in [1.807, 2.05) is 42.5 Å². The maximum atomic E-state index is 12.4. The van der Waals surface area contributed by atoms with Gasteiger partial charge in [-0.3, -0.25) is 4.79 Å². The fourth-order valence-electron chi connectivity index (χ4n) is 3.52. The summed E-state index contributed by atoms with van der Waals surface area (Å²) in [5, 5.41) is 5.91. The average molecular weight is 387 g/mol. The quantitative estimate of drug-likeness (QED) is 0.716. The molecule has 1 aliphatic heterocycles. The van der Waals surface area contributed by atoms with Gasteiger partial charge in [0, 0.05) is 24.5 Å². The molecule has 0 bridgehead atoms. The molecule has 5 heteroatoms. The highest BCUT2D eigenvalue weighted by molar-refractivity contribution is 6.30. The fraction of sp³-hybridized carbons (Fsp3) is 0.409. The summed E-state index contributed by atoms with van der Waals surface area (Å²) in [5.41, 5.74) is 3.31. The molecule has 27 heavy (non-hydrogen) atoms. The van der Waals surface area contributed by atoms with E-state index in [1.54, 1.807) is 0 Å². The highest BCUT2D eigenvalue weighted by Crippen LogP contribution is 2.27. The first-order valence-corrected chi connectivity index (χ1v) is 10.3. The van der Waals surface area contributed by atoms with Crippen LogP contribution < -0.4 is 15.5 Å². The molecule has 0 radical (unpaired) electrons. The molecule has 0 atom stereocenters. The molecule has 0 spiro atoms. The molecule has 144 valence electrons. The lowest BCUT2D eigenvalue weighted by molar-refractivity contribution is -0.643. The summed E-state index contributed by atoms with van der Waals surface area (Å²) in [6, 6.07) is 16.0. The molecule has 1 aliphatic rings. The first-order valence-electron chi connectivity index (χ1n) is 9.92. The largest absolute Gasteiger partial charge is 0.370 e. The predicted molar refractivity (Wildman–Crippen MR) is 113 cm³/mol. The first-order chi connectivity index (χ1) is 13.2. The van der Waals surface area contributed by atoms with Gasteiger partial charge in [0.25, 0.3) is 5.91 Å². The number of nitrogens with zero attached hydrogens (tertiary/aromatic N) is 1. The summed E-state index contributed by atoms with van der Waals surface area (Å²) in [7, 11) is 0. The van der Waals surface area contributed by atoms with Crippen LogP contribution in [0.5, 0.6) is 0 Å². The Labute approximate surface area is 166 Å². The summed E-state index contributed by atoms with van der Waals surface area (Å²) in [4.78, 5) is 14.8. The number of anilines is 2. The van der Waals surface area contributed by atoms with Crippen LogP contribution in [0.2, 0.25) is 5.02 Å². The van der Waals surface area contributed by atoms with Crippen molar-refractivity contribution >= 4 is 28.9 Å². The fourth-order valence-corrected chi connectivity index (χ4v) is 3.65. The third kappa shape index (κ3) is 6.26. The number of halogens is 1. The average Bonchev–Trinajstić information content (AvgIpc) is 2.96. The number of nitrogens with one attached hydrogen (secondary N) is 1. The standard InChI is InChI=1S/C22H28ClN3O/c23-19-11-9-18(10-12-19)13-14-24-17-22(27)25-20-7-3-4-8-21(20)26-15-5-1-2-6-16-26/h3-4,7-12,24H,1-2,5-6,13-17H2,(H,25,27)/p+1. The van der Waals surface area contributed by atoms with Crippen molar-refractivity contribution < 1.29 is 10.1 Å². The Kier molecular flexibility index (Phi) is 7.55. The minimum atomic E-state index is 0.0494. The number of amides is 1. The van der Waals surface area contributed by atoms with E-state index in [1.165, 1.54) is 31.2 Å². The van der Waals surface area contributed by atoms with Gasteiger partial charge in [0.1, 0.15) is 0 Å². The molecule has 0 aromatic heterocycles. The Morgan fingerprint density at radius 2 is 1.70 bits per heavy atom. The minimum Gasteiger partial charge on any atom is -0.370 e. The zero-order valence-electron chi connectivity index (χ0n) is 15.8. The molecule has 3 rings (SSSR count). The van der Waals surface area contributed by atoms with E-state index in [9.17, 15) is 4.79 Å². The maximum absolute atomic E-state index is 12.4. The number of nitrogens with two attached hydrogens (primary N) is 1. The van der Waals surface area contributed by atoms with Gasteiger partial charge in [0.2, 0.25) is 0 Å². The van der Waals surface area contributed by atoms with E-state index in [0.717, 1.165) is 42.5 Å². The highest BCUT2D eigenvalue weighted by atomic mass is 35.5. The molecule has 1 saturated heterocycles. The molecule has 0 unspecified atom stereocenters. The summed E-state index contributed by atoms with van der Waals surface area (Å²) in [6.07, 6.45) is 5.97. The Morgan fingerprint density at radius 3 is 2.44 bits per heavy atom. The lowest BCUT2D eigenvalue weighted by Gasteiger charge is -2.25. The van der Waals surface area contributed by atoms with Crippen LogP contribution in [0, 0.1) is 0 Å². The zero-order chi connectivity index (χ0) is 18.9. The van der Waals surface area contributed by atoms with Crippen molar-refractivity contribution in [3.8, 4) is 0 Å². The second-order valence-corrected chi connectivity index (χ2v) is 7.56. The Hall–Kier alpha value is -2.04. The first kappa shape index (κ1) is 19.7. The van der Waals surface area contributed by atoms with E-state index >= 15 is 0 Å². The van der Waals surface area contributed by atoms with Gasteiger partial charge < -0.3 is 15.5 Å². The van der Waals surface area contributed by atoms with Gasteiger partial charge in [-0.05, 0) is 42.7 Å². The Morgan fingerprint density at radius 1 is 1.00 bits per heavy atom. The van der Waals surface area contributed by atoms with E-state index < -0.39 is 0 Å². The Balaban J connectivity index is 1.48. The molecule has 2 aromatic rings. The van der Waals surface area contributed by atoms with Gasteiger partial charge in [-0.2, -0.15) is 0 Å². The number of carbonyl (C=O) groups is 1. The van der Waals surface area contributed by atoms with E-state index in [-0.39, 0.29) is 5.91 Å². The summed E-state index contributed by atoms with van der Waals surface area (Å²) >= 11 is 5.91. The predicted octanol–water partition coefficient (Wildman–Crippen LogP) is 3.47. The molecular weight excluding hydrogens is 358 g/mol. The SMILES string of the molecule is O=C(C[NH2+]CCc1ccc(Cl)cc1)Nc1ccccc1N1CCCCCC1. The monoisotopic (exact) mass is 386 g/mol. The molecule has 0 saturated carbocycles. The van der Waals surface area contributed by atoms with Gasteiger partial charge in [0.15, 0.2) is 6.54 Å². The molecule has 1 heterocycles. The normalized spacial score (nSPS) is 14.6. The van der Waals surface area contributed by atoms with Crippen LogP contribution in [-0.2, 0) is 11.2 Å². The number of carbonyl (C=O) groups excluding carboxylic acids is 1. The molecule has 0 aliphatic carbocycles. The van der Waals surface area contributed by atoms with E-state index in [0.29, 0.717) is 6.54 Å². The molecule has 2 aromatic carbocycles. The van der Waals surface area contributed by atoms with Crippen molar-refractivity contribution in [3.63, 3.8) is 0 Å². The van der Waals surface area contributed by atoms with Crippen LogP contribution >= 0.6 is 11.6 Å². The van der Waals surface area contributed by atoms with Gasteiger partial charge in [-0.1, -0.05) is 48.7 Å². The second kappa shape index (κ2) is 10.3. The van der Waals surface area contributed by atoms with E-state index in [2.05, 4.69) is 21.6 Å². The summed E-state index contributed by atoms with van der Waals surface area (Å²) in [6.45, 7) is 3.45. The van der Waals surface area contributed by atoms with Gasteiger partial charge >= 0.3 is 0 Å². The molecule has 3 N–H and O–H groups in total. The number of quaternary nitrogens is 1. The van der Waals surface area contributed by atoms with Crippen molar-refractivity contribution in [3.05, 3.63) is 59.1 Å². The third-order valence-electron chi connectivity index (χ3n) is 5.01. The number of benzene rings is 2. The number of para-hydroxylation sites is 2. The maximum Gasteiger partial charge on any atom is 0.279 e. The van der Waals surface area contributed by atoms with Gasteiger partial charge in [-0.15, -0.1) is 0 Å². The molecule has 1 amide bonds. The van der Waals surface area contributed by atoms with Crippen LogP contribution in [0.25, 0.3) is 0 Å². The number of rotatable bonds is 7. The van der Waals surface area contributed by atoms with Crippen molar-refractivity contribution in [2.45, 2.75) is 32.1 Å². The third-order valence-corrected chi connectivity index (χ3v) is 5.26. The Bertz CT molecular complexity index is 725. The van der Waals surface area contributed by atoms with Crippen LogP contribution in [0.3, 0.4) is 0 Å². The van der Waals surface area contributed by atoms with Crippen LogP contribution in [-0.4, -0.2) is 32.1 Å². The lowest BCUT2D eigenvalue weighted by Crippen LogP contribution is -2.86. The zero-order valence-corrected chi connectivity index (χ0v) is 16.5. The minimum absolute atomic E-state index is 0.0494. The van der Waals surface area contributed by atoms with Crippen molar-refractivity contribution in [2.75, 3.05) is 36.4 Å². The number of hydrogen-bond donors (Lipinski definition) is 2. The van der Waals surface area contributed by atoms with Crippen molar-refractivity contribution in [1.29, 1.82) is 0 Å². The number of hydrogen-bond acceptors (Lipinski definition) is 2. The second-order valence-electron chi connectivity index (χ2n) is 7.12. The molecule has 1 fully saturated rings. The topological polar surface area (TPSA) is 49.0 Å². The van der Waals surface area contributed by atoms with Crippen LogP contribution in [0.4, 0.5) is 11.4 Å². The highest BCUT2D eigenvalue weighted by Gasteiger charge is 2.15. The van der Waals surface area contributed by atoms with Crippen molar-refractivity contribution in [2.24, 2.45) is 0 Å². The summed E-state index contributed by atoms with van der Waals surface area (Å²) < 4.78 is 0.